The third-order valence-electron chi connectivity index (χ3n) is 5.52. The number of halogens is 1. The third-order valence-corrected chi connectivity index (χ3v) is 5.52. The minimum atomic E-state index is -0.789. The molecule has 148 valence electrons. The zero-order valence-electron chi connectivity index (χ0n) is 16.0. The Morgan fingerprint density at radius 3 is 2.79 bits per heavy atom. The first-order valence-corrected chi connectivity index (χ1v) is 9.70. The maximum atomic E-state index is 13.9. The van der Waals surface area contributed by atoms with Crippen LogP contribution < -0.4 is 9.64 Å². The van der Waals surface area contributed by atoms with E-state index in [2.05, 4.69) is 0 Å². The third kappa shape index (κ3) is 3.83. The monoisotopic (exact) mass is 384 g/mol. The van der Waals surface area contributed by atoms with Crippen LogP contribution in [0.2, 0.25) is 0 Å². The van der Waals surface area contributed by atoms with Crippen molar-refractivity contribution in [3.05, 3.63) is 59.4 Å². The average Bonchev–Trinajstić information content (AvgIpc) is 3.53. The first-order chi connectivity index (χ1) is 13.6. The van der Waals surface area contributed by atoms with E-state index in [9.17, 15) is 14.3 Å². The van der Waals surface area contributed by atoms with Gasteiger partial charge in [-0.25, -0.2) is 4.39 Å². The minimum absolute atomic E-state index is 0.0918. The fourth-order valence-corrected chi connectivity index (χ4v) is 3.91. The lowest BCUT2D eigenvalue weighted by atomic mass is 10.0. The van der Waals surface area contributed by atoms with E-state index < -0.39 is 6.10 Å². The number of ether oxygens (including phenoxy) is 1. The second kappa shape index (κ2) is 7.80. The lowest BCUT2D eigenvalue weighted by molar-refractivity contribution is -0.132. The average molecular weight is 384 g/mol. The van der Waals surface area contributed by atoms with Crippen LogP contribution in [-0.4, -0.2) is 42.2 Å². The highest BCUT2D eigenvalue weighted by Gasteiger charge is 2.34. The van der Waals surface area contributed by atoms with Gasteiger partial charge in [0.05, 0.1) is 7.11 Å². The molecule has 5 nitrogen and oxygen atoms in total. The number of amides is 1. The van der Waals surface area contributed by atoms with Crippen molar-refractivity contribution >= 4 is 11.6 Å². The fourth-order valence-electron chi connectivity index (χ4n) is 3.91. The van der Waals surface area contributed by atoms with Crippen LogP contribution in [0.15, 0.2) is 42.5 Å². The van der Waals surface area contributed by atoms with Crippen LogP contribution in [-0.2, 0) is 11.3 Å². The van der Waals surface area contributed by atoms with Crippen molar-refractivity contribution in [2.75, 3.05) is 25.1 Å². The number of methoxy groups -OCH3 is 1. The highest BCUT2D eigenvalue weighted by molar-refractivity contribution is 5.78. The molecule has 2 aromatic rings. The van der Waals surface area contributed by atoms with Crippen molar-refractivity contribution in [2.24, 2.45) is 0 Å². The Balaban J connectivity index is 1.63. The summed E-state index contributed by atoms with van der Waals surface area (Å²) < 4.78 is 19.3. The van der Waals surface area contributed by atoms with Crippen molar-refractivity contribution in [3.63, 3.8) is 0 Å². The topological polar surface area (TPSA) is 53.0 Å². The smallest absolute Gasteiger partial charge is 0.224 e. The van der Waals surface area contributed by atoms with Gasteiger partial charge in [0, 0.05) is 43.3 Å². The lowest BCUT2D eigenvalue weighted by Gasteiger charge is -2.34. The molecule has 1 N–H and O–H groups in total. The molecule has 0 aromatic heterocycles. The van der Waals surface area contributed by atoms with Gasteiger partial charge < -0.3 is 19.6 Å². The van der Waals surface area contributed by atoms with Crippen LogP contribution >= 0.6 is 0 Å². The Morgan fingerprint density at radius 2 is 2.04 bits per heavy atom. The number of β-amino-alcohol motifs (C(OH)–C–C–N with tert-alkyl or cyclic N) is 1. The summed E-state index contributed by atoms with van der Waals surface area (Å²) in [4.78, 5) is 16.5. The molecule has 1 atom stereocenters. The van der Waals surface area contributed by atoms with E-state index in [1.54, 1.807) is 13.2 Å². The second-order valence-corrected chi connectivity index (χ2v) is 7.48. The molecule has 1 saturated carbocycles. The fraction of sp³-hybridized carbons (Fsp3) is 0.409. The molecule has 1 amide bonds. The predicted molar refractivity (Wildman–Crippen MR) is 105 cm³/mol. The van der Waals surface area contributed by atoms with E-state index in [1.807, 2.05) is 34.1 Å². The summed E-state index contributed by atoms with van der Waals surface area (Å²) in [6.45, 7) is 1.19. The minimum Gasteiger partial charge on any atom is -0.496 e. The molecule has 0 spiro atoms. The zero-order valence-corrected chi connectivity index (χ0v) is 16.0. The van der Waals surface area contributed by atoms with Crippen LogP contribution in [0.3, 0.4) is 0 Å². The molecule has 1 unspecified atom stereocenters. The van der Waals surface area contributed by atoms with Gasteiger partial charge in [-0.05, 0) is 42.7 Å². The van der Waals surface area contributed by atoms with Gasteiger partial charge in [0.25, 0.3) is 0 Å². The summed E-state index contributed by atoms with van der Waals surface area (Å²) in [7, 11) is 1.57. The molecule has 4 rings (SSSR count). The second-order valence-electron chi connectivity index (χ2n) is 7.48. The summed E-state index contributed by atoms with van der Waals surface area (Å²) in [6, 6.07) is 12.3. The molecule has 1 aliphatic heterocycles. The van der Waals surface area contributed by atoms with E-state index >= 15 is 0 Å². The number of carbonyl (C=O) groups is 1. The van der Waals surface area contributed by atoms with Gasteiger partial charge in [-0.1, -0.05) is 18.2 Å². The van der Waals surface area contributed by atoms with Crippen molar-refractivity contribution in [1.82, 2.24) is 4.90 Å². The van der Waals surface area contributed by atoms with Crippen molar-refractivity contribution < 1.29 is 19.0 Å². The number of carbonyl (C=O) groups excluding carboxylic acids is 1. The van der Waals surface area contributed by atoms with E-state index in [4.69, 9.17) is 4.74 Å². The van der Waals surface area contributed by atoms with E-state index in [0.717, 1.165) is 24.1 Å². The Labute approximate surface area is 164 Å². The number of hydrogen-bond acceptors (Lipinski definition) is 4. The van der Waals surface area contributed by atoms with E-state index in [-0.39, 0.29) is 17.8 Å². The number of aliphatic hydroxyl groups is 1. The van der Waals surface area contributed by atoms with Crippen LogP contribution in [0, 0.1) is 5.82 Å². The number of hydrogen-bond donors (Lipinski definition) is 1. The number of para-hydroxylation sites is 1. The highest BCUT2D eigenvalue weighted by Crippen LogP contribution is 2.34. The molecule has 0 bridgehead atoms. The van der Waals surface area contributed by atoms with Crippen molar-refractivity contribution in [1.29, 1.82) is 0 Å². The Morgan fingerprint density at radius 1 is 1.25 bits per heavy atom. The maximum absolute atomic E-state index is 13.9. The first kappa shape index (κ1) is 18.7. The number of fused-ring (bicyclic) bond motifs is 1. The quantitative estimate of drug-likeness (QED) is 0.860. The Bertz CT molecular complexity index is 869. The SMILES string of the molecule is COc1ccccc1C(O)CN1CCC(=O)N(C2CC2)Cc2cc(F)ccc21. The number of anilines is 1. The maximum Gasteiger partial charge on any atom is 0.224 e. The van der Waals surface area contributed by atoms with E-state index in [0.29, 0.717) is 37.4 Å². The van der Waals surface area contributed by atoms with Gasteiger partial charge in [0.2, 0.25) is 5.91 Å². The van der Waals surface area contributed by atoms with Gasteiger partial charge in [-0.3, -0.25) is 4.79 Å². The summed E-state index contributed by atoms with van der Waals surface area (Å²) in [5.41, 5.74) is 2.35. The molecule has 0 saturated heterocycles. The normalized spacial score (nSPS) is 18.3. The highest BCUT2D eigenvalue weighted by atomic mass is 19.1. The molecular weight excluding hydrogens is 359 g/mol. The molecule has 0 radical (unpaired) electrons. The van der Waals surface area contributed by atoms with Gasteiger partial charge in [0.15, 0.2) is 0 Å². The van der Waals surface area contributed by atoms with Gasteiger partial charge in [-0.2, -0.15) is 0 Å². The molecule has 28 heavy (non-hydrogen) atoms. The molecule has 1 heterocycles. The van der Waals surface area contributed by atoms with Crippen molar-refractivity contribution in [3.8, 4) is 5.75 Å². The Hall–Kier alpha value is -2.60. The lowest BCUT2D eigenvalue weighted by Crippen LogP contribution is -2.40. The molecule has 2 aliphatic rings. The standard InChI is InChI=1S/C22H25FN2O3/c1-28-21-5-3-2-4-18(21)20(26)14-24-11-10-22(27)25(17-7-8-17)13-15-12-16(23)6-9-19(15)24/h2-6,9,12,17,20,26H,7-8,10-11,13-14H2,1H3. The van der Waals surface area contributed by atoms with Crippen LogP contribution in [0.4, 0.5) is 10.1 Å². The number of benzene rings is 2. The predicted octanol–water partition coefficient (Wildman–Crippen LogP) is 3.27. The molecule has 6 heteroatoms. The molecule has 2 aromatic carbocycles. The summed E-state index contributed by atoms with van der Waals surface area (Å²) in [5.74, 6) is 0.402. The molecule has 1 aliphatic carbocycles. The number of nitrogens with zero attached hydrogens (tertiary/aromatic N) is 2. The first-order valence-electron chi connectivity index (χ1n) is 9.70. The van der Waals surface area contributed by atoms with Crippen LogP contribution in [0.5, 0.6) is 5.75 Å². The summed E-state index contributed by atoms with van der Waals surface area (Å²) in [5, 5.41) is 10.9. The summed E-state index contributed by atoms with van der Waals surface area (Å²) >= 11 is 0. The van der Waals surface area contributed by atoms with Crippen molar-refractivity contribution in [2.45, 2.75) is 38.0 Å². The largest absolute Gasteiger partial charge is 0.496 e. The number of aliphatic hydroxyl groups excluding tert-OH is 1. The molecular formula is C22H25FN2O3. The van der Waals surface area contributed by atoms with Gasteiger partial charge in [0.1, 0.15) is 17.7 Å². The summed E-state index contributed by atoms with van der Waals surface area (Å²) in [6.07, 6.45) is 1.63. The van der Waals surface area contributed by atoms with Gasteiger partial charge in [-0.15, -0.1) is 0 Å². The van der Waals surface area contributed by atoms with Crippen LogP contribution in [0.1, 0.15) is 36.5 Å². The Kier molecular flexibility index (Phi) is 5.22. The zero-order chi connectivity index (χ0) is 19.7. The van der Waals surface area contributed by atoms with Crippen LogP contribution in [0.25, 0.3) is 0 Å². The van der Waals surface area contributed by atoms with Gasteiger partial charge >= 0.3 is 0 Å². The molecule has 1 fully saturated rings. The van der Waals surface area contributed by atoms with E-state index in [1.165, 1.54) is 12.1 Å². The number of rotatable bonds is 5.